The van der Waals surface area contributed by atoms with E-state index in [9.17, 15) is 0 Å². The number of nitrogens with zero attached hydrogens (tertiary/aromatic N) is 6. The highest BCUT2D eigenvalue weighted by molar-refractivity contribution is 7.98. The topological polar surface area (TPSA) is 131 Å². The molecule has 2 aromatic carbocycles. The van der Waals surface area contributed by atoms with Crippen molar-refractivity contribution in [2.24, 2.45) is 0 Å². The molecule has 0 amide bonds. The standard InChI is InChI=1S/C19H17ClN8OS/c1-29-14-5-3-2-4-13(14)16-26-27-19(28(16)12-8-6-11(20)7-9-12)30-10-15-23-17(21)25-18(22)24-15/h2-9H,10H2,1H3,(H4,21,22,23,24,25). The molecule has 0 atom stereocenters. The van der Waals surface area contributed by atoms with Crippen molar-refractivity contribution in [3.05, 3.63) is 59.4 Å². The number of halogens is 1. The summed E-state index contributed by atoms with van der Waals surface area (Å²) in [6.07, 6.45) is 0. The van der Waals surface area contributed by atoms with Crippen LogP contribution in [-0.4, -0.2) is 36.8 Å². The Morgan fingerprint density at radius 1 is 0.967 bits per heavy atom. The summed E-state index contributed by atoms with van der Waals surface area (Å²) in [6, 6.07) is 15.0. The highest BCUT2D eigenvalue weighted by Crippen LogP contribution is 2.34. The molecule has 0 fully saturated rings. The van der Waals surface area contributed by atoms with E-state index < -0.39 is 0 Å². The SMILES string of the molecule is COc1ccccc1-c1nnc(SCc2nc(N)nc(N)n2)n1-c1ccc(Cl)cc1. The van der Waals surface area contributed by atoms with Gasteiger partial charge in [0.25, 0.3) is 0 Å². The molecule has 11 heteroatoms. The van der Waals surface area contributed by atoms with Gasteiger partial charge in [0.1, 0.15) is 11.6 Å². The van der Waals surface area contributed by atoms with Gasteiger partial charge in [-0.25, -0.2) is 0 Å². The van der Waals surface area contributed by atoms with Crippen LogP contribution in [-0.2, 0) is 5.75 Å². The van der Waals surface area contributed by atoms with Gasteiger partial charge in [-0.1, -0.05) is 35.5 Å². The minimum atomic E-state index is 0.0759. The third-order valence-electron chi connectivity index (χ3n) is 4.11. The third-order valence-corrected chi connectivity index (χ3v) is 5.29. The second kappa shape index (κ2) is 8.56. The Hall–Kier alpha value is -3.37. The molecule has 0 unspecified atom stereocenters. The number of aromatic nitrogens is 6. The number of thioether (sulfide) groups is 1. The van der Waals surface area contributed by atoms with Crippen LogP contribution in [0.15, 0.2) is 53.7 Å². The highest BCUT2D eigenvalue weighted by Gasteiger charge is 2.19. The molecule has 0 aliphatic carbocycles. The Bertz CT molecular complexity index is 1160. The number of anilines is 2. The lowest BCUT2D eigenvalue weighted by molar-refractivity contribution is 0.416. The smallest absolute Gasteiger partial charge is 0.225 e. The lowest BCUT2D eigenvalue weighted by Crippen LogP contribution is -2.06. The first-order valence-corrected chi connectivity index (χ1v) is 10.1. The van der Waals surface area contributed by atoms with Crippen LogP contribution in [0.2, 0.25) is 5.02 Å². The highest BCUT2D eigenvalue weighted by atomic mass is 35.5. The van der Waals surface area contributed by atoms with Crippen molar-refractivity contribution < 1.29 is 4.74 Å². The summed E-state index contributed by atoms with van der Waals surface area (Å²) < 4.78 is 7.43. The molecule has 152 valence electrons. The van der Waals surface area contributed by atoms with Gasteiger partial charge in [0.15, 0.2) is 11.0 Å². The normalized spacial score (nSPS) is 10.9. The molecule has 0 aliphatic heterocycles. The first-order valence-electron chi connectivity index (χ1n) is 8.78. The fraction of sp³-hybridized carbons (Fsp3) is 0.105. The van der Waals surface area contributed by atoms with Crippen LogP contribution in [0.4, 0.5) is 11.9 Å². The number of rotatable bonds is 6. The molecule has 2 heterocycles. The van der Waals surface area contributed by atoms with Gasteiger partial charge in [0.05, 0.1) is 18.4 Å². The van der Waals surface area contributed by atoms with Crippen molar-refractivity contribution in [3.8, 4) is 22.8 Å². The number of para-hydroxylation sites is 1. The average molecular weight is 441 g/mol. The molecule has 4 N–H and O–H groups in total. The second-order valence-electron chi connectivity index (χ2n) is 6.08. The fourth-order valence-corrected chi connectivity index (χ4v) is 3.77. The van der Waals surface area contributed by atoms with Crippen molar-refractivity contribution >= 4 is 35.3 Å². The van der Waals surface area contributed by atoms with Gasteiger partial charge in [-0.2, -0.15) is 15.0 Å². The number of hydrogen-bond acceptors (Lipinski definition) is 9. The van der Waals surface area contributed by atoms with Gasteiger partial charge < -0.3 is 16.2 Å². The van der Waals surface area contributed by atoms with Crippen LogP contribution in [0.3, 0.4) is 0 Å². The van der Waals surface area contributed by atoms with Gasteiger partial charge in [-0.3, -0.25) is 4.57 Å². The molecule has 0 saturated heterocycles. The molecule has 0 aliphatic rings. The summed E-state index contributed by atoms with van der Waals surface area (Å²) in [4.78, 5) is 12.0. The van der Waals surface area contributed by atoms with Crippen molar-refractivity contribution in [1.29, 1.82) is 0 Å². The van der Waals surface area contributed by atoms with Crippen molar-refractivity contribution in [2.45, 2.75) is 10.9 Å². The van der Waals surface area contributed by atoms with Gasteiger partial charge in [-0.05, 0) is 36.4 Å². The third kappa shape index (κ3) is 4.14. The Labute approximate surface area is 181 Å². The van der Waals surface area contributed by atoms with E-state index in [1.165, 1.54) is 11.8 Å². The van der Waals surface area contributed by atoms with E-state index in [-0.39, 0.29) is 11.9 Å². The molecule has 9 nitrogen and oxygen atoms in total. The molecular formula is C19H17ClN8OS. The van der Waals surface area contributed by atoms with E-state index in [4.69, 9.17) is 27.8 Å². The average Bonchev–Trinajstić information content (AvgIpc) is 3.16. The van der Waals surface area contributed by atoms with E-state index in [1.54, 1.807) is 7.11 Å². The van der Waals surface area contributed by atoms with Gasteiger partial charge in [0, 0.05) is 10.7 Å². The van der Waals surface area contributed by atoms with E-state index >= 15 is 0 Å². The lowest BCUT2D eigenvalue weighted by atomic mass is 10.2. The first-order chi connectivity index (χ1) is 14.5. The molecule has 0 radical (unpaired) electrons. The summed E-state index contributed by atoms with van der Waals surface area (Å²) in [5.41, 5.74) is 13.0. The minimum absolute atomic E-state index is 0.0759. The zero-order valence-electron chi connectivity index (χ0n) is 15.9. The summed E-state index contributed by atoms with van der Waals surface area (Å²) >= 11 is 7.47. The molecule has 30 heavy (non-hydrogen) atoms. The molecule has 2 aromatic heterocycles. The van der Waals surface area contributed by atoms with Crippen LogP contribution in [0.25, 0.3) is 17.1 Å². The van der Waals surface area contributed by atoms with Crippen LogP contribution in [0.1, 0.15) is 5.82 Å². The first kappa shape index (κ1) is 19.9. The summed E-state index contributed by atoms with van der Waals surface area (Å²) in [6.45, 7) is 0. The zero-order chi connectivity index (χ0) is 21.1. The van der Waals surface area contributed by atoms with Crippen LogP contribution >= 0.6 is 23.4 Å². The Balaban J connectivity index is 1.77. The molecule has 0 bridgehead atoms. The number of nitrogens with two attached hydrogens (primary N) is 2. The molecule has 0 saturated carbocycles. The van der Waals surface area contributed by atoms with E-state index in [2.05, 4.69) is 25.1 Å². The van der Waals surface area contributed by atoms with Crippen molar-refractivity contribution in [2.75, 3.05) is 18.6 Å². The number of methoxy groups -OCH3 is 1. The largest absolute Gasteiger partial charge is 0.496 e. The summed E-state index contributed by atoms with van der Waals surface area (Å²) in [5.74, 6) is 2.31. The monoisotopic (exact) mass is 440 g/mol. The van der Waals surface area contributed by atoms with E-state index in [1.807, 2.05) is 53.1 Å². The summed E-state index contributed by atoms with van der Waals surface area (Å²) in [7, 11) is 1.62. The number of ether oxygens (including phenoxy) is 1. The van der Waals surface area contributed by atoms with Gasteiger partial charge in [0.2, 0.25) is 11.9 Å². The Morgan fingerprint density at radius 2 is 1.67 bits per heavy atom. The Morgan fingerprint density at radius 3 is 2.37 bits per heavy atom. The van der Waals surface area contributed by atoms with Crippen LogP contribution < -0.4 is 16.2 Å². The maximum Gasteiger partial charge on any atom is 0.225 e. The number of nitrogen functional groups attached to an aromatic ring is 2. The predicted molar refractivity (Wildman–Crippen MR) is 117 cm³/mol. The van der Waals surface area contributed by atoms with Crippen LogP contribution in [0, 0.1) is 0 Å². The van der Waals surface area contributed by atoms with Gasteiger partial charge in [-0.15, -0.1) is 10.2 Å². The molecule has 4 rings (SSSR count). The van der Waals surface area contributed by atoms with Gasteiger partial charge >= 0.3 is 0 Å². The van der Waals surface area contributed by atoms with E-state index in [0.717, 1.165) is 11.3 Å². The lowest BCUT2D eigenvalue weighted by Gasteiger charge is -2.12. The fourth-order valence-electron chi connectivity index (χ4n) is 2.84. The summed E-state index contributed by atoms with van der Waals surface area (Å²) in [5, 5.41) is 10.1. The number of hydrogen-bond donors (Lipinski definition) is 2. The molecule has 4 aromatic rings. The maximum absolute atomic E-state index is 6.08. The number of benzene rings is 2. The van der Waals surface area contributed by atoms with Crippen molar-refractivity contribution in [1.82, 2.24) is 29.7 Å². The predicted octanol–water partition coefficient (Wildman–Crippen LogP) is 3.24. The van der Waals surface area contributed by atoms with Crippen molar-refractivity contribution in [3.63, 3.8) is 0 Å². The zero-order valence-corrected chi connectivity index (χ0v) is 17.4. The molecule has 0 spiro atoms. The molecular weight excluding hydrogens is 424 g/mol. The quantitative estimate of drug-likeness (QED) is 0.433. The van der Waals surface area contributed by atoms with Crippen LogP contribution in [0.5, 0.6) is 5.75 Å². The Kier molecular flexibility index (Phi) is 5.68. The maximum atomic E-state index is 6.08. The minimum Gasteiger partial charge on any atom is -0.496 e. The van der Waals surface area contributed by atoms with E-state index in [0.29, 0.717) is 33.3 Å². The second-order valence-corrected chi connectivity index (χ2v) is 7.45.